The van der Waals surface area contributed by atoms with Crippen molar-refractivity contribution in [2.45, 2.75) is 31.5 Å². The number of methoxy groups -OCH3 is 1. The van der Waals surface area contributed by atoms with Crippen LogP contribution in [0.4, 0.5) is 0 Å². The molecule has 0 spiro atoms. The van der Waals surface area contributed by atoms with Gasteiger partial charge in [-0.05, 0) is 55.2 Å². The highest BCUT2D eigenvalue weighted by atomic mass is 16.5. The van der Waals surface area contributed by atoms with Crippen molar-refractivity contribution in [3.8, 4) is 11.5 Å². The molecule has 0 radical (unpaired) electrons. The van der Waals surface area contributed by atoms with E-state index in [-0.39, 0.29) is 0 Å². The first-order valence-corrected chi connectivity index (χ1v) is 7.24. The van der Waals surface area contributed by atoms with Gasteiger partial charge in [0.1, 0.15) is 17.1 Å². The highest BCUT2D eigenvalue weighted by Gasteiger charge is 2.26. The van der Waals surface area contributed by atoms with E-state index in [0.29, 0.717) is 6.10 Å². The third-order valence-electron chi connectivity index (χ3n) is 3.90. The van der Waals surface area contributed by atoms with Crippen LogP contribution in [0.2, 0.25) is 0 Å². The normalized spacial score (nSPS) is 17.1. The maximum absolute atomic E-state index is 10.8. The third-order valence-corrected chi connectivity index (χ3v) is 3.90. The molecule has 3 nitrogen and oxygen atoms in total. The van der Waals surface area contributed by atoms with Gasteiger partial charge in [-0.25, -0.2) is 0 Å². The predicted molar refractivity (Wildman–Crippen MR) is 81.8 cm³/mol. The van der Waals surface area contributed by atoms with Crippen molar-refractivity contribution in [1.82, 2.24) is 0 Å². The highest BCUT2D eigenvalue weighted by Crippen LogP contribution is 2.32. The second kappa shape index (κ2) is 5.41. The van der Waals surface area contributed by atoms with Gasteiger partial charge >= 0.3 is 0 Å². The highest BCUT2D eigenvalue weighted by molar-refractivity contribution is 5.40. The second-order valence-electron chi connectivity index (χ2n) is 5.64. The Kier molecular flexibility index (Phi) is 3.60. The smallest absolute Gasteiger partial charge is 0.119 e. The molecule has 1 atom stereocenters. The van der Waals surface area contributed by atoms with E-state index in [1.54, 1.807) is 14.0 Å². The molecule has 0 saturated heterocycles. The molecule has 0 aromatic heterocycles. The molecule has 1 N–H and O–H groups in total. The fourth-order valence-electron chi connectivity index (χ4n) is 2.32. The van der Waals surface area contributed by atoms with Gasteiger partial charge in [0.2, 0.25) is 0 Å². The molecule has 0 amide bonds. The minimum atomic E-state index is -1.04. The van der Waals surface area contributed by atoms with Gasteiger partial charge < -0.3 is 14.6 Å². The lowest BCUT2D eigenvalue weighted by Gasteiger charge is -2.25. The zero-order valence-electron chi connectivity index (χ0n) is 12.4. The molecular weight excluding hydrogens is 264 g/mol. The predicted octanol–water partition coefficient (Wildman–Crippen LogP) is 3.49. The Labute approximate surface area is 125 Å². The van der Waals surface area contributed by atoms with Crippen molar-refractivity contribution < 1.29 is 14.6 Å². The first-order valence-electron chi connectivity index (χ1n) is 7.24. The van der Waals surface area contributed by atoms with E-state index in [4.69, 9.17) is 9.47 Å². The number of hydrogen-bond acceptors (Lipinski definition) is 3. The molecule has 1 saturated carbocycles. The van der Waals surface area contributed by atoms with E-state index in [1.165, 1.54) is 0 Å². The van der Waals surface area contributed by atoms with Crippen LogP contribution in [0.15, 0.2) is 48.5 Å². The summed E-state index contributed by atoms with van der Waals surface area (Å²) in [6.07, 6.45) is 2.68. The van der Waals surface area contributed by atoms with Gasteiger partial charge in [0, 0.05) is 0 Å². The van der Waals surface area contributed by atoms with Crippen molar-refractivity contribution in [2.24, 2.45) is 0 Å². The summed E-state index contributed by atoms with van der Waals surface area (Å²) >= 11 is 0. The summed E-state index contributed by atoms with van der Waals surface area (Å²) in [6.45, 7) is 1.80. The zero-order valence-corrected chi connectivity index (χ0v) is 12.4. The number of aliphatic hydroxyl groups is 1. The maximum atomic E-state index is 10.8. The minimum absolute atomic E-state index is 0.387. The molecule has 0 bridgehead atoms. The Morgan fingerprint density at radius 2 is 1.38 bits per heavy atom. The number of benzene rings is 2. The van der Waals surface area contributed by atoms with Gasteiger partial charge in [-0.15, -0.1) is 0 Å². The summed E-state index contributed by atoms with van der Waals surface area (Å²) < 4.78 is 10.9. The monoisotopic (exact) mass is 284 g/mol. The first kappa shape index (κ1) is 14.0. The molecule has 2 aromatic carbocycles. The van der Waals surface area contributed by atoms with Crippen LogP contribution in [0.1, 0.15) is 30.9 Å². The van der Waals surface area contributed by atoms with Crippen LogP contribution < -0.4 is 9.47 Å². The zero-order chi connectivity index (χ0) is 14.9. The van der Waals surface area contributed by atoms with E-state index in [2.05, 4.69) is 0 Å². The lowest BCUT2D eigenvalue weighted by Crippen LogP contribution is -2.22. The average molecular weight is 284 g/mol. The Hall–Kier alpha value is -2.00. The van der Waals surface area contributed by atoms with Gasteiger partial charge in [-0.3, -0.25) is 0 Å². The van der Waals surface area contributed by atoms with E-state index in [0.717, 1.165) is 35.5 Å². The van der Waals surface area contributed by atoms with Crippen molar-refractivity contribution >= 4 is 0 Å². The van der Waals surface area contributed by atoms with E-state index in [1.807, 2.05) is 48.5 Å². The Morgan fingerprint density at radius 3 is 1.81 bits per heavy atom. The largest absolute Gasteiger partial charge is 0.497 e. The molecule has 2 aromatic rings. The Bertz CT molecular complexity index is 595. The molecule has 0 heterocycles. The molecule has 1 aliphatic rings. The molecule has 1 unspecified atom stereocenters. The average Bonchev–Trinajstić information content (AvgIpc) is 3.32. The van der Waals surface area contributed by atoms with Crippen LogP contribution in [-0.2, 0) is 5.60 Å². The van der Waals surface area contributed by atoms with Crippen LogP contribution in [0, 0.1) is 0 Å². The number of rotatable bonds is 5. The maximum Gasteiger partial charge on any atom is 0.119 e. The fourth-order valence-corrected chi connectivity index (χ4v) is 2.32. The van der Waals surface area contributed by atoms with Crippen LogP contribution >= 0.6 is 0 Å². The lowest BCUT2D eigenvalue weighted by atomic mass is 9.88. The molecular formula is C18H20O3. The number of hydrogen-bond donors (Lipinski definition) is 1. The summed E-state index contributed by atoms with van der Waals surface area (Å²) in [4.78, 5) is 0. The van der Waals surface area contributed by atoms with Crippen LogP contribution in [0.5, 0.6) is 11.5 Å². The standard InChI is InChI=1S/C18H20O3/c1-18(19,13-3-7-15(20-2)8-4-13)14-5-9-16(10-6-14)21-17-11-12-17/h3-10,17,19H,11-12H2,1-2H3. The van der Waals surface area contributed by atoms with Crippen LogP contribution in [-0.4, -0.2) is 18.3 Å². The summed E-state index contributed by atoms with van der Waals surface area (Å²) in [5.74, 6) is 1.65. The van der Waals surface area contributed by atoms with Crippen molar-refractivity contribution in [3.05, 3.63) is 59.7 Å². The molecule has 1 aliphatic carbocycles. The summed E-state index contributed by atoms with van der Waals surface area (Å²) in [7, 11) is 1.63. The summed E-state index contributed by atoms with van der Waals surface area (Å²) in [5, 5.41) is 10.8. The first-order chi connectivity index (χ1) is 10.1. The molecule has 21 heavy (non-hydrogen) atoms. The topological polar surface area (TPSA) is 38.7 Å². The molecule has 110 valence electrons. The third kappa shape index (κ3) is 3.03. The van der Waals surface area contributed by atoms with Gasteiger partial charge in [0.15, 0.2) is 0 Å². The van der Waals surface area contributed by atoms with Crippen molar-refractivity contribution in [2.75, 3.05) is 7.11 Å². The van der Waals surface area contributed by atoms with Gasteiger partial charge in [-0.1, -0.05) is 24.3 Å². The van der Waals surface area contributed by atoms with Gasteiger partial charge in [-0.2, -0.15) is 0 Å². The molecule has 1 fully saturated rings. The Morgan fingerprint density at radius 1 is 0.905 bits per heavy atom. The van der Waals surface area contributed by atoms with Crippen molar-refractivity contribution in [3.63, 3.8) is 0 Å². The van der Waals surface area contributed by atoms with Crippen LogP contribution in [0.3, 0.4) is 0 Å². The molecule has 0 aliphatic heterocycles. The lowest BCUT2D eigenvalue weighted by molar-refractivity contribution is 0.102. The molecule has 3 rings (SSSR count). The Balaban J connectivity index is 1.81. The van der Waals surface area contributed by atoms with Gasteiger partial charge in [0.05, 0.1) is 13.2 Å². The fraction of sp³-hybridized carbons (Fsp3) is 0.333. The van der Waals surface area contributed by atoms with Crippen LogP contribution in [0.25, 0.3) is 0 Å². The molecule has 3 heteroatoms. The van der Waals surface area contributed by atoms with Crippen molar-refractivity contribution in [1.29, 1.82) is 0 Å². The van der Waals surface area contributed by atoms with E-state index in [9.17, 15) is 5.11 Å². The second-order valence-corrected chi connectivity index (χ2v) is 5.64. The quantitative estimate of drug-likeness (QED) is 0.913. The minimum Gasteiger partial charge on any atom is -0.497 e. The number of ether oxygens (including phenoxy) is 2. The SMILES string of the molecule is COc1ccc(C(C)(O)c2ccc(OC3CC3)cc2)cc1. The summed E-state index contributed by atoms with van der Waals surface area (Å²) in [6, 6.07) is 15.2. The summed E-state index contributed by atoms with van der Waals surface area (Å²) in [5.41, 5.74) is 0.639. The van der Waals surface area contributed by atoms with E-state index >= 15 is 0 Å². The van der Waals surface area contributed by atoms with E-state index < -0.39 is 5.60 Å². The van der Waals surface area contributed by atoms with Gasteiger partial charge in [0.25, 0.3) is 0 Å².